The summed E-state index contributed by atoms with van der Waals surface area (Å²) in [6.45, 7) is 0.126. The molecule has 2 aromatic carbocycles. The number of hydrogen-bond donors (Lipinski definition) is 2. The fourth-order valence-electron chi connectivity index (χ4n) is 3.11. The number of benzene rings is 2. The smallest absolute Gasteiger partial charge is 0.226 e. The van der Waals surface area contributed by atoms with E-state index in [1.807, 2.05) is 41.1 Å². The Kier molecular flexibility index (Phi) is 5.29. The second-order valence-corrected chi connectivity index (χ2v) is 7.69. The van der Waals surface area contributed by atoms with Crippen molar-refractivity contribution in [3.63, 3.8) is 0 Å². The first-order chi connectivity index (χ1) is 13.1. The number of hydrogen-bond acceptors (Lipinski definition) is 4. The predicted octanol–water partition coefficient (Wildman–Crippen LogP) is 4.67. The first kappa shape index (κ1) is 18.2. The monoisotopic (exact) mass is 444 g/mol. The molecule has 138 valence electrons. The number of aliphatic hydroxyl groups is 1. The molecular weight excluding hydrogens is 428 g/mol. The second-order valence-electron chi connectivity index (χ2n) is 6.34. The van der Waals surface area contributed by atoms with Crippen molar-refractivity contribution in [2.24, 2.45) is 0 Å². The molecule has 4 rings (SSSR count). The molecule has 3 aromatic rings. The maximum Gasteiger partial charge on any atom is 0.226 e. The molecule has 1 aliphatic heterocycles. The van der Waals surface area contributed by atoms with Gasteiger partial charge in [0.2, 0.25) is 5.95 Å². The van der Waals surface area contributed by atoms with Gasteiger partial charge in [-0.05, 0) is 47.9 Å². The predicted molar refractivity (Wildman–Crippen MR) is 111 cm³/mol. The summed E-state index contributed by atoms with van der Waals surface area (Å²) in [7, 11) is 0. The molecule has 27 heavy (non-hydrogen) atoms. The molecule has 1 unspecified atom stereocenters. The SMILES string of the molecule is OCCCc1nc2n(n1)C(c1cccc(Br)c1)C=C(c1ccc(Cl)cc1)N2. The Morgan fingerprint density at radius 1 is 1.19 bits per heavy atom. The molecule has 0 radical (unpaired) electrons. The average molecular weight is 446 g/mol. The lowest BCUT2D eigenvalue weighted by Gasteiger charge is -2.24. The molecule has 2 N–H and O–H groups in total. The molecule has 0 saturated heterocycles. The molecule has 5 nitrogen and oxygen atoms in total. The summed E-state index contributed by atoms with van der Waals surface area (Å²) in [5, 5.41) is 17.8. The van der Waals surface area contributed by atoms with Crippen LogP contribution in [0.25, 0.3) is 5.70 Å². The Hall–Kier alpha value is -2.15. The molecule has 7 heteroatoms. The normalized spacial score (nSPS) is 15.8. The van der Waals surface area contributed by atoms with E-state index in [9.17, 15) is 0 Å². The van der Waals surface area contributed by atoms with Crippen LogP contribution in [0.1, 0.15) is 29.4 Å². The third-order valence-corrected chi connectivity index (χ3v) is 5.16. The molecule has 1 atom stereocenters. The number of anilines is 1. The van der Waals surface area contributed by atoms with Crippen molar-refractivity contribution in [3.8, 4) is 0 Å². The van der Waals surface area contributed by atoms with Gasteiger partial charge in [0.15, 0.2) is 5.82 Å². The molecule has 0 saturated carbocycles. The van der Waals surface area contributed by atoms with Crippen LogP contribution in [0.4, 0.5) is 5.95 Å². The van der Waals surface area contributed by atoms with Crippen LogP contribution in [0, 0.1) is 0 Å². The van der Waals surface area contributed by atoms with Crippen LogP contribution in [-0.2, 0) is 6.42 Å². The van der Waals surface area contributed by atoms with Gasteiger partial charge in [0.25, 0.3) is 0 Å². The molecule has 1 aliphatic rings. The number of nitrogens with zero attached hydrogens (tertiary/aromatic N) is 3. The highest BCUT2D eigenvalue weighted by atomic mass is 79.9. The lowest BCUT2D eigenvalue weighted by molar-refractivity contribution is 0.287. The number of nitrogens with one attached hydrogen (secondary N) is 1. The minimum atomic E-state index is -0.0835. The average Bonchev–Trinajstić information content (AvgIpc) is 3.09. The summed E-state index contributed by atoms with van der Waals surface area (Å²) in [6, 6.07) is 15.8. The third-order valence-electron chi connectivity index (χ3n) is 4.41. The number of allylic oxidation sites excluding steroid dienone is 1. The highest BCUT2D eigenvalue weighted by Crippen LogP contribution is 2.33. The van der Waals surface area contributed by atoms with E-state index in [2.05, 4.69) is 49.5 Å². The standard InChI is InChI=1S/C20H18BrClN4O/c21-15-4-1-3-14(11-15)18-12-17(13-6-8-16(22)9-7-13)23-20-24-19(5-2-10-27)25-26(18)20/h1,3-4,6-9,11-12,18,27H,2,5,10H2,(H,23,24,25). The zero-order chi connectivity index (χ0) is 18.8. The Morgan fingerprint density at radius 2 is 2.00 bits per heavy atom. The Labute approximate surface area is 170 Å². The number of rotatable bonds is 5. The Morgan fingerprint density at radius 3 is 2.74 bits per heavy atom. The summed E-state index contributed by atoms with van der Waals surface area (Å²) in [4.78, 5) is 4.63. The van der Waals surface area contributed by atoms with Crippen molar-refractivity contribution in [1.29, 1.82) is 0 Å². The number of fused-ring (bicyclic) bond motifs is 1. The number of halogens is 2. The fraction of sp³-hybridized carbons (Fsp3) is 0.200. The van der Waals surface area contributed by atoms with Crippen LogP contribution < -0.4 is 5.32 Å². The van der Waals surface area contributed by atoms with E-state index in [1.54, 1.807) is 0 Å². The highest BCUT2D eigenvalue weighted by molar-refractivity contribution is 9.10. The molecule has 0 fully saturated rings. The van der Waals surface area contributed by atoms with E-state index in [-0.39, 0.29) is 12.6 Å². The first-order valence-electron chi connectivity index (χ1n) is 8.70. The minimum Gasteiger partial charge on any atom is -0.396 e. The van der Waals surface area contributed by atoms with Crippen LogP contribution in [-0.4, -0.2) is 26.5 Å². The summed E-state index contributed by atoms with van der Waals surface area (Å²) in [6.07, 6.45) is 3.42. The Balaban J connectivity index is 1.77. The number of aliphatic hydroxyl groups excluding tert-OH is 1. The fourth-order valence-corrected chi connectivity index (χ4v) is 3.65. The van der Waals surface area contributed by atoms with E-state index in [0.717, 1.165) is 27.1 Å². The lowest BCUT2D eigenvalue weighted by Crippen LogP contribution is -2.20. The molecule has 0 amide bonds. The van der Waals surface area contributed by atoms with Crippen LogP contribution in [0.15, 0.2) is 59.1 Å². The van der Waals surface area contributed by atoms with Gasteiger partial charge >= 0.3 is 0 Å². The molecule has 0 aliphatic carbocycles. The second kappa shape index (κ2) is 7.84. The summed E-state index contributed by atoms with van der Waals surface area (Å²) in [5.41, 5.74) is 3.10. The van der Waals surface area contributed by atoms with Gasteiger partial charge in [0.1, 0.15) is 6.04 Å². The van der Waals surface area contributed by atoms with Gasteiger partial charge in [-0.15, -0.1) is 0 Å². The zero-order valence-electron chi connectivity index (χ0n) is 14.4. The number of aromatic nitrogens is 3. The summed E-state index contributed by atoms with van der Waals surface area (Å²) >= 11 is 9.59. The van der Waals surface area contributed by atoms with Crippen molar-refractivity contribution in [2.75, 3.05) is 11.9 Å². The molecular formula is C20H18BrClN4O. The molecule has 1 aromatic heterocycles. The van der Waals surface area contributed by atoms with Crippen LogP contribution >= 0.6 is 27.5 Å². The van der Waals surface area contributed by atoms with Gasteiger partial charge in [-0.2, -0.15) is 10.1 Å². The summed E-state index contributed by atoms with van der Waals surface area (Å²) in [5.74, 6) is 1.41. The van der Waals surface area contributed by atoms with Crippen LogP contribution in [0.5, 0.6) is 0 Å². The first-order valence-corrected chi connectivity index (χ1v) is 9.87. The highest BCUT2D eigenvalue weighted by Gasteiger charge is 2.25. The van der Waals surface area contributed by atoms with Gasteiger partial charge < -0.3 is 10.4 Å². The Bertz CT molecular complexity index is 984. The molecule has 0 bridgehead atoms. The van der Waals surface area contributed by atoms with Gasteiger partial charge in [-0.3, -0.25) is 0 Å². The van der Waals surface area contributed by atoms with E-state index >= 15 is 0 Å². The summed E-state index contributed by atoms with van der Waals surface area (Å²) < 4.78 is 2.91. The van der Waals surface area contributed by atoms with Crippen molar-refractivity contribution >= 4 is 39.2 Å². The lowest BCUT2D eigenvalue weighted by atomic mass is 10.0. The topological polar surface area (TPSA) is 63.0 Å². The quantitative estimate of drug-likeness (QED) is 0.599. The van der Waals surface area contributed by atoms with E-state index in [0.29, 0.717) is 23.8 Å². The number of aryl methyl sites for hydroxylation is 1. The largest absolute Gasteiger partial charge is 0.396 e. The molecule has 2 heterocycles. The van der Waals surface area contributed by atoms with E-state index < -0.39 is 0 Å². The van der Waals surface area contributed by atoms with Crippen molar-refractivity contribution < 1.29 is 5.11 Å². The van der Waals surface area contributed by atoms with Crippen molar-refractivity contribution in [3.05, 3.63) is 81.1 Å². The molecule has 0 spiro atoms. The zero-order valence-corrected chi connectivity index (χ0v) is 16.8. The third kappa shape index (κ3) is 3.93. The maximum absolute atomic E-state index is 9.10. The van der Waals surface area contributed by atoms with Gasteiger partial charge in [0, 0.05) is 28.2 Å². The van der Waals surface area contributed by atoms with Gasteiger partial charge in [0.05, 0.1) is 0 Å². The van der Waals surface area contributed by atoms with Gasteiger partial charge in [-0.25, -0.2) is 4.68 Å². The maximum atomic E-state index is 9.10. The van der Waals surface area contributed by atoms with E-state index in [1.165, 1.54) is 0 Å². The van der Waals surface area contributed by atoms with Crippen LogP contribution in [0.3, 0.4) is 0 Å². The van der Waals surface area contributed by atoms with Crippen LogP contribution in [0.2, 0.25) is 5.02 Å². The van der Waals surface area contributed by atoms with Crippen molar-refractivity contribution in [1.82, 2.24) is 14.8 Å². The van der Waals surface area contributed by atoms with Crippen molar-refractivity contribution in [2.45, 2.75) is 18.9 Å². The van der Waals surface area contributed by atoms with E-state index in [4.69, 9.17) is 16.7 Å². The van der Waals surface area contributed by atoms with Gasteiger partial charge in [-0.1, -0.05) is 51.8 Å². The minimum absolute atomic E-state index is 0.0835.